The molecule has 0 saturated carbocycles. The predicted molar refractivity (Wildman–Crippen MR) is 105 cm³/mol. The van der Waals surface area contributed by atoms with Crippen molar-refractivity contribution in [3.05, 3.63) is 78.1 Å². The summed E-state index contributed by atoms with van der Waals surface area (Å²) >= 11 is 0. The molecule has 1 aliphatic heterocycles. The fraction of sp³-hybridized carbons (Fsp3) is 0.190. The molecule has 2 N–H and O–H groups in total. The van der Waals surface area contributed by atoms with Gasteiger partial charge in [-0.25, -0.2) is 14.8 Å². The summed E-state index contributed by atoms with van der Waals surface area (Å²) in [6, 6.07) is 18.3. The van der Waals surface area contributed by atoms with Crippen LogP contribution in [-0.2, 0) is 13.1 Å². The molecule has 0 saturated heterocycles. The van der Waals surface area contributed by atoms with Gasteiger partial charge in [0.2, 0.25) is 5.95 Å². The van der Waals surface area contributed by atoms with Crippen LogP contribution in [0.25, 0.3) is 11.1 Å². The summed E-state index contributed by atoms with van der Waals surface area (Å²) < 4.78 is 0. The zero-order valence-electron chi connectivity index (χ0n) is 14.9. The number of benzene rings is 2. The van der Waals surface area contributed by atoms with Gasteiger partial charge in [0.15, 0.2) is 0 Å². The molecule has 0 radical (unpaired) electrons. The summed E-state index contributed by atoms with van der Waals surface area (Å²) in [6.07, 6.45) is 3.36. The van der Waals surface area contributed by atoms with E-state index in [0.717, 1.165) is 11.1 Å². The maximum Gasteiger partial charge on any atom is 0.318 e. The molecule has 2 heterocycles. The second kappa shape index (κ2) is 7.86. The molecule has 27 heavy (non-hydrogen) atoms. The molecule has 4 rings (SSSR count). The average Bonchev–Trinajstić information content (AvgIpc) is 2.89. The van der Waals surface area contributed by atoms with E-state index in [2.05, 4.69) is 44.9 Å². The SMILES string of the molecule is O=C(NCCNc1ncccn1)N1Cc2ccccc2-c2ccccc2C1. The highest BCUT2D eigenvalue weighted by Gasteiger charge is 2.22. The van der Waals surface area contributed by atoms with Crippen molar-refractivity contribution in [2.45, 2.75) is 13.1 Å². The maximum atomic E-state index is 12.7. The lowest BCUT2D eigenvalue weighted by molar-refractivity contribution is 0.193. The van der Waals surface area contributed by atoms with Gasteiger partial charge in [-0.1, -0.05) is 48.5 Å². The summed E-state index contributed by atoms with van der Waals surface area (Å²) in [5, 5.41) is 6.07. The van der Waals surface area contributed by atoms with Crippen molar-refractivity contribution in [1.82, 2.24) is 20.2 Å². The van der Waals surface area contributed by atoms with E-state index < -0.39 is 0 Å². The number of anilines is 1. The number of amides is 2. The Morgan fingerprint density at radius 1 is 0.852 bits per heavy atom. The van der Waals surface area contributed by atoms with Gasteiger partial charge in [-0.05, 0) is 28.3 Å². The van der Waals surface area contributed by atoms with E-state index in [1.807, 2.05) is 29.2 Å². The number of fused-ring (bicyclic) bond motifs is 3. The Morgan fingerprint density at radius 3 is 2.07 bits per heavy atom. The van der Waals surface area contributed by atoms with Gasteiger partial charge in [-0.15, -0.1) is 0 Å². The lowest BCUT2D eigenvalue weighted by Gasteiger charge is -2.22. The monoisotopic (exact) mass is 359 g/mol. The van der Waals surface area contributed by atoms with Gasteiger partial charge in [-0.2, -0.15) is 0 Å². The number of urea groups is 1. The van der Waals surface area contributed by atoms with Crippen molar-refractivity contribution in [2.24, 2.45) is 0 Å². The number of rotatable bonds is 4. The minimum Gasteiger partial charge on any atom is -0.352 e. The van der Waals surface area contributed by atoms with Gasteiger partial charge in [-0.3, -0.25) is 0 Å². The smallest absolute Gasteiger partial charge is 0.318 e. The van der Waals surface area contributed by atoms with Gasteiger partial charge in [0.05, 0.1) is 0 Å². The Bertz CT molecular complexity index is 881. The van der Waals surface area contributed by atoms with Gasteiger partial charge in [0.25, 0.3) is 0 Å². The third kappa shape index (κ3) is 3.89. The summed E-state index contributed by atoms with van der Waals surface area (Å²) in [6.45, 7) is 2.24. The molecule has 0 bridgehead atoms. The molecule has 2 amide bonds. The molecular weight excluding hydrogens is 338 g/mol. The molecule has 2 aromatic carbocycles. The number of carbonyl (C=O) groups excluding carboxylic acids is 1. The highest BCUT2D eigenvalue weighted by Crippen LogP contribution is 2.32. The fourth-order valence-electron chi connectivity index (χ4n) is 3.30. The van der Waals surface area contributed by atoms with Crippen LogP contribution in [0.4, 0.5) is 10.7 Å². The standard InChI is InChI=1S/C21H21N5O/c27-21(25-13-12-24-20-22-10-5-11-23-20)26-14-16-6-1-3-8-18(16)19-9-4-2-7-17(19)15-26/h1-11H,12-15H2,(H,25,27)(H,22,23,24). The zero-order chi connectivity index (χ0) is 18.5. The second-order valence-electron chi connectivity index (χ2n) is 6.40. The predicted octanol–water partition coefficient (Wildman–Crippen LogP) is 3.28. The van der Waals surface area contributed by atoms with Crippen molar-refractivity contribution < 1.29 is 4.79 Å². The van der Waals surface area contributed by atoms with E-state index in [-0.39, 0.29) is 6.03 Å². The van der Waals surface area contributed by atoms with E-state index in [9.17, 15) is 4.79 Å². The first-order valence-corrected chi connectivity index (χ1v) is 9.01. The van der Waals surface area contributed by atoms with Crippen LogP contribution in [0.3, 0.4) is 0 Å². The van der Waals surface area contributed by atoms with E-state index in [4.69, 9.17) is 0 Å². The maximum absolute atomic E-state index is 12.7. The van der Waals surface area contributed by atoms with Gasteiger partial charge in [0.1, 0.15) is 0 Å². The van der Waals surface area contributed by atoms with Crippen LogP contribution < -0.4 is 10.6 Å². The van der Waals surface area contributed by atoms with Crippen molar-refractivity contribution in [3.8, 4) is 11.1 Å². The number of nitrogens with zero attached hydrogens (tertiary/aromatic N) is 3. The highest BCUT2D eigenvalue weighted by molar-refractivity contribution is 5.78. The van der Waals surface area contributed by atoms with Crippen LogP contribution in [0.5, 0.6) is 0 Å². The summed E-state index contributed by atoms with van der Waals surface area (Å²) in [5.41, 5.74) is 4.72. The largest absolute Gasteiger partial charge is 0.352 e. The number of nitrogens with one attached hydrogen (secondary N) is 2. The van der Waals surface area contributed by atoms with Crippen LogP contribution in [0.15, 0.2) is 67.0 Å². The first kappa shape index (κ1) is 17.0. The van der Waals surface area contributed by atoms with Crippen molar-refractivity contribution in [3.63, 3.8) is 0 Å². The first-order chi connectivity index (χ1) is 13.3. The lowest BCUT2D eigenvalue weighted by atomic mass is 9.97. The third-order valence-electron chi connectivity index (χ3n) is 4.58. The highest BCUT2D eigenvalue weighted by atomic mass is 16.2. The van der Waals surface area contributed by atoms with Crippen LogP contribution in [0.1, 0.15) is 11.1 Å². The van der Waals surface area contributed by atoms with Crippen molar-refractivity contribution in [1.29, 1.82) is 0 Å². The Balaban J connectivity index is 1.42. The Kier molecular flexibility index (Phi) is 4.96. The van der Waals surface area contributed by atoms with Crippen molar-refractivity contribution >= 4 is 12.0 Å². The molecule has 0 atom stereocenters. The Labute approximate surface area is 158 Å². The van der Waals surface area contributed by atoms with E-state index >= 15 is 0 Å². The molecular formula is C21H21N5O. The summed E-state index contributed by atoms with van der Waals surface area (Å²) in [7, 11) is 0. The fourth-order valence-corrected chi connectivity index (χ4v) is 3.30. The number of carbonyl (C=O) groups is 1. The lowest BCUT2D eigenvalue weighted by Crippen LogP contribution is -2.40. The topological polar surface area (TPSA) is 70.1 Å². The van der Waals surface area contributed by atoms with Gasteiger partial charge >= 0.3 is 6.03 Å². The molecule has 0 aliphatic carbocycles. The Morgan fingerprint density at radius 2 is 1.44 bits per heavy atom. The van der Waals surface area contributed by atoms with Gasteiger partial charge < -0.3 is 15.5 Å². The minimum atomic E-state index is -0.0720. The molecule has 6 nitrogen and oxygen atoms in total. The van der Waals surface area contributed by atoms with E-state index in [1.54, 1.807) is 18.5 Å². The minimum absolute atomic E-state index is 0.0720. The quantitative estimate of drug-likeness (QED) is 0.702. The van der Waals surface area contributed by atoms with Gasteiger partial charge in [0, 0.05) is 38.6 Å². The normalized spacial score (nSPS) is 12.5. The number of aromatic nitrogens is 2. The van der Waals surface area contributed by atoms with Crippen LogP contribution in [0.2, 0.25) is 0 Å². The molecule has 1 aromatic heterocycles. The summed E-state index contributed by atoms with van der Waals surface area (Å²) in [4.78, 5) is 22.8. The molecule has 0 spiro atoms. The van der Waals surface area contributed by atoms with Crippen LogP contribution >= 0.6 is 0 Å². The Hall–Kier alpha value is -3.41. The third-order valence-corrected chi connectivity index (χ3v) is 4.58. The van der Waals surface area contributed by atoms with Crippen LogP contribution in [0, 0.1) is 0 Å². The second-order valence-corrected chi connectivity index (χ2v) is 6.40. The average molecular weight is 359 g/mol. The van der Waals surface area contributed by atoms with E-state index in [0.29, 0.717) is 32.1 Å². The van der Waals surface area contributed by atoms with Crippen LogP contribution in [-0.4, -0.2) is 34.0 Å². The molecule has 136 valence electrons. The first-order valence-electron chi connectivity index (χ1n) is 9.01. The number of hydrogen-bond donors (Lipinski definition) is 2. The van der Waals surface area contributed by atoms with Crippen molar-refractivity contribution in [2.75, 3.05) is 18.4 Å². The number of hydrogen-bond acceptors (Lipinski definition) is 4. The molecule has 0 unspecified atom stereocenters. The van der Waals surface area contributed by atoms with E-state index in [1.165, 1.54) is 11.1 Å². The summed E-state index contributed by atoms with van der Waals surface area (Å²) in [5.74, 6) is 0.560. The molecule has 3 aromatic rings. The molecule has 0 fully saturated rings. The molecule has 6 heteroatoms. The zero-order valence-corrected chi connectivity index (χ0v) is 14.9. The molecule has 1 aliphatic rings.